The van der Waals surface area contributed by atoms with Crippen molar-refractivity contribution in [3.05, 3.63) is 68.2 Å². The number of hydrazine groups is 1. The summed E-state index contributed by atoms with van der Waals surface area (Å²) < 4.78 is 0. The van der Waals surface area contributed by atoms with Crippen molar-refractivity contribution in [2.45, 2.75) is 0 Å². The smallest absolute Gasteiger partial charge is 0.270 e. The molecule has 0 atom stereocenters. The van der Waals surface area contributed by atoms with Crippen LogP contribution in [0.15, 0.2) is 42.5 Å². The minimum atomic E-state index is -0.678. The second-order valence-electron chi connectivity index (χ2n) is 4.82. The topological polar surface area (TPSA) is 113 Å². The van der Waals surface area contributed by atoms with Crippen molar-refractivity contribution >= 4 is 46.4 Å². The Morgan fingerprint density at radius 1 is 1.04 bits per heavy atom. The van der Waals surface area contributed by atoms with E-state index in [1.54, 1.807) is 18.2 Å². The lowest BCUT2D eigenvalue weighted by atomic mass is 10.2. The van der Waals surface area contributed by atoms with Crippen LogP contribution in [0, 0.1) is 10.1 Å². The van der Waals surface area contributed by atoms with Crippen molar-refractivity contribution in [1.29, 1.82) is 0 Å². The molecule has 8 nitrogen and oxygen atoms in total. The van der Waals surface area contributed by atoms with Gasteiger partial charge in [0.05, 0.1) is 11.5 Å². The Morgan fingerprint density at radius 2 is 1.72 bits per heavy atom. The molecule has 2 aromatic rings. The van der Waals surface area contributed by atoms with Crippen LogP contribution < -0.4 is 16.2 Å². The Labute approximate surface area is 152 Å². The molecule has 0 saturated heterocycles. The summed E-state index contributed by atoms with van der Waals surface area (Å²) >= 11 is 11.7. The minimum absolute atomic E-state index is 0.0454. The van der Waals surface area contributed by atoms with Crippen LogP contribution in [0.25, 0.3) is 0 Å². The molecule has 130 valence electrons. The first-order chi connectivity index (χ1) is 11.8. The lowest BCUT2D eigenvalue weighted by molar-refractivity contribution is -0.384. The molecule has 0 saturated carbocycles. The third-order valence-corrected chi connectivity index (χ3v) is 3.39. The van der Waals surface area contributed by atoms with Crippen molar-refractivity contribution in [1.82, 2.24) is 10.9 Å². The first kappa shape index (κ1) is 18.5. The number of halogens is 2. The highest BCUT2D eigenvalue weighted by Crippen LogP contribution is 2.22. The zero-order valence-electron chi connectivity index (χ0n) is 12.6. The van der Waals surface area contributed by atoms with E-state index in [1.807, 2.05) is 0 Å². The number of nitro groups is 1. The average molecular weight is 383 g/mol. The molecule has 0 aliphatic heterocycles. The number of hydrogen-bond donors (Lipinski definition) is 3. The lowest BCUT2D eigenvalue weighted by Crippen LogP contribution is -2.44. The van der Waals surface area contributed by atoms with Crippen molar-refractivity contribution in [3.63, 3.8) is 0 Å². The number of non-ortho nitro benzene ring substituents is 1. The molecule has 0 spiro atoms. The fourth-order valence-electron chi connectivity index (χ4n) is 1.84. The summed E-state index contributed by atoms with van der Waals surface area (Å²) in [4.78, 5) is 33.7. The van der Waals surface area contributed by atoms with Crippen LogP contribution in [0.4, 0.5) is 11.4 Å². The molecule has 0 unspecified atom stereocenters. The molecule has 25 heavy (non-hydrogen) atoms. The second-order valence-corrected chi connectivity index (χ2v) is 5.69. The Bertz CT molecular complexity index is 809. The number of rotatable bonds is 5. The van der Waals surface area contributed by atoms with E-state index in [9.17, 15) is 19.7 Å². The van der Waals surface area contributed by atoms with Crippen LogP contribution in [0.5, 0.6) is 0 Å². The second kappa shape index (κ2) is 8.32. The van der Waals surface area contributed by atoms with E-state index in [0.29, 0.717) is 15.7 Å². The van der Waals surface area contributed by atoms with Crippen LogP contribution in [0.1, 0.15) is 10.4 Å². The number of anilines is 1. The minimum Gasteiger partial charge on any atom is -0.376 e. The molecule has 2 amide bonds. The van der Waals surface area contributed by atoms with E-state index in [4.69, 9.17) is 23.2 Å². The molecule has 0 fully saturated rings. The van der Waals surface area contributed by atoms with E-state index in [2.05, 4.69) is 16.2 Å². The van der Waals surface area contributed by atoms with Crippen molar-refractivity contribution < 1.29 is 14.5 Å². The zero-order valence-corrected chi connectivity index (χ0v) is 14.1. The van der Waals surface area contributed by atoms with Gasteiger partial charge in [-0.3, -0.25) is 30.6 Å². The highest BCUT2D eigenvalue weighted by Gasteiger charge is 2.12. The van der Waals surface area contributed by atoms with Gasteiger partial charge in [-0.15, -0.1) is 0 Å². The van der Waals surface area contributed by atoms with Gasteiger partial charge in [0.1, 0.15) is 0 Å². The summed E-state index contributed by atoms with van der Waals surface area (Å²) in [7, 11) is 0. The number of carbonyl (C=O) groups excluding carboxylic acids is 2. The van der Waals surface area contributed by atoms with Crippen LogP contribution >= 0.6 is 23.2 Å². The molecule has 0 aromatic heterocycles. The van der Waals surface area contributed by atoms with E-state index >= 15 is 0 Å². The normalized spacial score (nSPS) is 10.0. The molecule has 2 aromatic carbocycles. The van der Waals surface area contributed by atoms with Gasteiger partial charge in [0, 0.05) is 33.4 Å². The fraction of sp³-hybridized carbons (Fsp3) is 0.0667. The Morgan fingerprint density at radius 3 is 2.36 bits per heavy atom. The molecule has 10 heteroatoms. The molecular formula is C15H12Cl2N4O4. The van der Waals surface area contributed by atoms with Crippen molar-refractivity contribution in [2.75, 3.05) is 11.9 Å². The number of amides is 2. The number of nitrogens with one attached hydrogen (secondary N) is 3. The number of hydrogen-bond acceptors (Lipinski definition) is 5. The molecular weight excluding hydrogens is 371 g/mol. The molecule has 2 rings (SSSR count). The zero-order chi connectivity index (χ0) is 18.4. The Hall–Kier alpha value is -2.84. The molecule has 0 aliphatic rings. The van der Waals surface area contributed by atoms with Crippen LogP contribution in [-0.2, 0) is 4.79 Å². The van der Waals surface area contributed by atoms with Crippen molar-refractivity contribution in [2.24, 2.45) is 0 Å². The SMILES string of the molecule is O=C(CNc1cc(Cl)cc(Cl)c1)NNC(=O)c1cccc([N+](=O)[O-])c1. The fourth-order valence-corrected chi connectivity index (χ4v) is 2.37. The molecule has 0 radical (unpaired) electrons. The van der Waals surface area contributed by atoms with Gasteiger partial charge in [-0.25, -0.2) is 0 Å². The molecule has 3 N–H and O–H groups in total. The summed E-state index contributed by atoms with van der Waals surface area (Å²) in [6, 6.07) is 9.85. The van der Waals surface area contributed by atoms with E-state index < -0.39 is 16.7 Å². The van der Waals surface area contributed by atoms with Gasteiger partial charge in [-0.05, 0) is 24.3 Å². The summed E-state index contributed by atoms with van der Waals surface area (Å²) in [5, 5.41) is 14.3. The Balaban J connectivity index is 1.86. The van der Waals surface area contributed by atoms with Gasteiger partial charge >= 0.3 is 0 Å². The number of nitro benzene ring substituents is 1. The standard InChI is InChI=1S/C15H12Cl2N4O4/c16-10-5-11(17)7-12(6-10)18-8-14(22)19-20-15(23)9-2-1-3-13(4-9)21(24)25/h1-7,18H,8H2,(H,19,22)(H,20,23). The number of nitrogens with zero attached hydrogens (tertiary/aromatic N) is 1. The van der Waals surface area contributed by atoms with Gasteiger partial charge in [-0.2, -0.15) is 0 Å². The van der Waals surface area contributed by atoms with Crippen LogP contribution in [-0.4, -0.2) is 23.3 Å². The Kier molecular flexibility index (Phi) is 6.15. The maximum atomic E-state index is 11.9. The number of carbonyl (C=O) groups is 2. The molecule has 0 bridgehead atoms. The predicted molar refractivity (Wildman–Crippen MR) is 93.7 cm³/mol. The molecule has 0 aliphatic carbocycles. The first-order valence-electron chi connectivity index (χ1n) is 6.89. The highest BCUT2D eigenvalue weighted by molar-refractivity contribution is 6.35. The lowest BCUT2D eigenvalue weighted by Gasteiger charge is -2.09. The van der Waals surface area contributed by atoms with E-state index in [1.165, 1.54) is 18.2 Å². The van der Waals surface area contributed by atoms with Crippen LogP contribution in [0.3, 0.4) is 0 Å². The third-order valence-electron chi connectivity index (χ3n) is 2.95. The summed E-state index contributed by atoms with van der Waals surface area (Å²) in [5.74, 6) is -1.21. The molecule has 0 heterocycles. The van der Waals surface area contributed by atoms with E-state index in [-0.39, 0.29) is 17.8 Å². The van der Waals surface area contributed by atoms with Gasteiger partial charge in [0.2, 0.25) is 0 Å². The predicted octanol–water partition coefficient (Wildman–Crippen LogP) is 2.77. The quantitative estimate of drug-likeness (QED) is 0.543. The van der Waals surface area contributed by atoms with Crippen LogP contribution in [0.2, 0.25) is 10.0 Å². The van der Waals surface area contributed by atoms with Gasteiger partial charge in [-0.1, -0.05) is 29.3 Å². The third kappa shape index (κ3) is 5.63. The maximum absolute atomic E-state index is 11.9. The average Bonchev–Trinajstić information content (AvgIpc) is 2.57. The van der Waals surface area contributed by atoms with Gasteiger partial charge in [0.25, 0.3) is 17.5 Å². The maximum Gasteiger partial charge on any atom is 0.270 e. The van der Waals surface area contributed by atoms with Crippen molar-refractivity contribution in [3.8, 4) is 0 Å². The summed E-state index contributed by atoms with van der Waals surface area (Å²) in [6.07, 6.45) is 0. The van der Waals surface area contributed by atoms with Gasteiger partial charge in [0.15, 0.2) is 0 Å². The monoisotopic (exact) mass is 382 g/mol. The summed E-state index contributed by atoms with van der Waals surface area (Å²) in [6.45, 7) is -0.147. The number of benzene rings is 2. The van der Waals surface area contributed by atoms with Gasteiger partial charge < -0.3 is 5.32 Å². The summed E-state index contributed by atoms with van der Waals surface area (Å²) in [5.41, 5.74) is 4.72. The first-order valence-corrected chi connectivity index (χ1v) is 7.64. The van der Waals surface area contributed by atoms with E-state index in [0.717, 1.165) is 6.07 Å². The highest BCUT2D eigenvalue weighted by atomic mass is 35.5. The largest absolute Gasteiger partial charge is 0.376 e.